The SMILES string of the molecule is CCC(N)COCc1cccc(C(=O)OC)c1. The zero-order valence-electron chi connectivity index (χ0n) is 10.3. The second-order valence-corrected chi connectivity index (χ2v) is 3.88. The maximum Gasteiger partial charge on any atom is 0.337 e. The van der Waals surface area contributed by atoms with Crippen LogP contribution in [0.5, 0.6) is 0 Å². The second-order valence-electron chi connectivity index (χ2n) is 3.88. The first-order chi connectivity index (χ1) is 8.17. The second kappa shape index (κ2) is 7.04. The highest BCUT2D eigenvalue weighted by Gasteiger charge is 2.06. The number of carbonyl (C=O) groups excluding carboxylic acids is 1. The number of nitrogens with two attached hydrogens (primary N) is 1. The summed E-state index contributed by atoms with van der Waals surface area (Å²) in [4.78, 5) is 11.3. The lowest BCUT2D eigenvalue weighted by Gasteiger charge is -2.10. The molecule has 0 fully saturated rings. The van der Waals surface area contributed by atoms with Crippen LogP contribution in [0.4, 0.5) is 0 Å². The van der Waals surface area contributed by atoms with Crippen molar-refractivity contribution in [3.8, 4) is 0 Å². The van der Waals surface area contributed by atoms with Crippen LogP contribution in [0.3, 0.4) is 0 Å². The average Bonchev–Trinajstić information content (AvgIpc) is 2.38. The van der Waals surface area contributed by atoms with Gasteiger partial charge in [-0.15, -0.1) is 0 Å². The molecule has 2 N–H and O–H groups in total. The maximum atomic E-state index is 11.3. The lowest BCUT2D eigenvalue weighted by Crippen LogP contribution is -2.24. The Kier molecular flexibility index (Phi) is 5.66. The van der Waals surface area contributed by atoms with E-state index in [1.54, 1.807) is 12.1 Å². The Morgan fingerprint density at radius 2 is 2.24 bits per heavy atom. The minimum atomic E-state index is -0.336. The molecule has 0 radical (unpaired) electrons. The van der Waals surface area contributed by atoms with Gasteiger partial charge in [-0.3, -0.25) is 0 Å². The quantitative estimate of drug-likeness (QED) is 0.765. The van der Waals surface area contributed by atoms with Gasteiger partial charge in [-0.25, -0.2) is 4.79 Å². The lowest BCUT2D eigenvalue weighted by atomic mass is 10.1. The van der Waals surface area contributed by atoms with Crippen molar-refractivity contribution in [2.75, 3.05) is 13.7 Å². The molecule has 0 amide bonds. The standard InChI is InChI=1S/C13H19NO3/c1-3-12(14)9-17-8-10-5-4-6-11(7-10)13(15)16-2/h4-7,12H,3,8-9,14H2,1-2H3. The van der Waals surface area contributed by atoms with Crippen LogP contribution in [0.2, 0.25) is 0 Å². The van der Waals surface area contributed by atoms with Gasteiger partial charge in [-0.2, -0.15) is 0 Å². The highest BCUT2D eigenvalue weighted by Crippen LogP contribution is 2.08. The van der Waals surface area contributed by atoms with Gasteiger partial charge in [0.2, 0.25) is 0 Å². The fraction of sp³-hybridized carbons (Fsp3) is 0.462. The van der Waals surface area contributed by atoms with Crippen LogP contribution in [0, 0.1) is 0 Å². The van der Waals surface area contributed by atoms with E-state index in [-0.39, 0.29) is 12.0 Å². The average molecular weight is 237 g/mol. The van der Waals surface area contributed by atoms with Crippen LogP contribution in [0.15, 0.2) is 24.3 Å². The molecule has 0 aliphatic heterocycles. The minimum Gasteiger partial charge on any atom is -0.465 e. The molecule has 1 aromatic carbocycles. The smallest absolute Gasteiger partial charge is 0.337 e. The molecule has 17 heavy (non-hydrogen) atoms. The molecule has 0 spiro atoms. The number of rotatable bonds is 6. The molecule has 0 saturated carbocycles. The van der Waals surface area contributed by atoms with E-state index >= 15 is 0 Å². The van der Waals surface area contributed by atoms with Gasteiger partial charge in [0.15, 0.2) is 0 Å². The van der Waals surface area contributed by atoms with Crippen molar-refractivity contribution in [3.05, 3.63) is 35.4 Å². The molecule has 1 rings (SSSR count). The van der Waals surface area contributed by atoms with E-state index in [0.29, 0.717) is 18.8 Å². The van der Waals surface area contributed by atoms with Crippen molar-refractivity contribution in [1.29, 1.82) is 0 Å². The Hall–Kier alpha value is -1.39. The van der Waals surface area contributed by atoms with Crippen molar-refractivity contribution in [1.82, 2.24) is 0 Å². The first-order valence-corrected chi connectivity index (χ1v) is 5.68. The Labute approximate surface area is 102 Å². The van der Waals surface area contributed by atoms with Crippen LogP contribution in [-0.4, -0.2) is 25.7 Å². The molecule has 0 aliphatic carbocycles. The molecule has 0 heterocycles. The van der Waals surface area contributed by atoms with E-state index in [4.69, 9.17) is 10.5 Å². The first kappa shape index (κ1) is 13.7. The molecule has 4 heteroatoms. The normalized spacial score (nSPS) is 12.2. The fourth-order valence-corrected chi connectivity index (χ4v) is 1.35. The fourth-order valence-electron chi connectivity index (χ4n) is 1.35. The van der Waals surface area contributed by atoms with Crippen LogP contribution in [0.1, 0.15) is 29.3 Å². The van der Waals surface area contributed by atoms with Crippen LogP contribution in [0.25, 0.3) is 0 Å². The summed E-state index contributed by atoms with van der Waals surface area (Å²) in [7, 11) is 1.37. The Balaban J connectivity index is 2.51. The minimum absolute atomic E-state index is 0.0683. The molecule has 1 atom stereocenters. The third-order valence-electron chi connectivity index (χ3n) is 2.47. The largest absolute Gasteiger partial charge is 0.465 e. The Morgan fingerprint density at radius 3 is 2.88 bits per heavy atom. The zero-order valence-corrected chi connectivity index (χ0v) is 10.3. The van der Waals surface area contributed by atoms with Gasteiger partial charge in [0.1, 0.15) is 0 Å². The molecule has 0 aliphatic rings. The highest BCUT2D eigenvalue weighted by atomic mass is 16.5. The third-order valence-corrected chi connectivity index (χ3v) is 2.47. The maximum absolute atomic E-state index is 11.3. The van der Waals surface area contributed by atoms with Gasteiger partial charge in [0.25, 0.3) is 0 Å². The van der Waals surface area contributed by atoms with Crippen molar-refractivity contribution in [3.63, 3.8) is 0 Å². The summed E-state index contributed by atoms with van der Waals surface area (Å²) in [6.07, 6.45) is 0.891. The van der Waals surface area contributed by atoms with Gasteiger partial charge < -0.3 is 15.2 Å². The van der Waals surface area contributed by atoms with E-state index in [1.807, 2.05) is 19.1 Å². The van der Waals surface area contributed by atoms with Gasteiger partial charge in [0.05, 0.1) is 25.9 Å². The lowest BCUT2D eigenvalue weighted by molar-refractivity contribution is 0.0600. The van der Waals surface area contributed by atoms with Crippen molar-refractivity contribution < 1.29 is 14.3 Å². The van der Waals surface area contributed by atoms with Gasteiger partial charge in [0, 0.05) is 6.04 Å². The summed E-state index contributed by atoms with van der Waals surface area (Å²) < 4.78 is 10.1. The summed E-state index contributed by atoms with van der Waals surface area (Å²) in [6.45, 7) is 3.00. The number of hydrogen-bond acceptors (Lipinski definition) is 4. The molecule has 0 aromatic heterocycles. The van der Waals surface area contributed by atoms with Crippen molar-refractivity contribution in [2.45, 2.75) is 26.0 Å². The van der Waals surface area contributed by atoms with E-state index in [2.05, 4.69) is 4.74 Å². The number of benzene rings is 1. The predicted molar refractivity (Wildman–Crippen MR) is 65.7 cm³/mol. The van der Waals surface area contributed by atoms with Crippen LogP contribution >= 0.6 is 0 Å². The number of ether oxygens (including phenoxy) is 2. The number of carbonyl (C=O) groups is 1. The topological polar surface area (TPSA) is 61.5 Å². The van der Waals surface area contributed by atoms with Gasteiger partial charge in [-0.05, 0) is 24.1 Å². The molecule has 0 bridgehead atoms. The number of esters is 1. The summed E-state index contributed by atoms with van der Waals surface area (Å²) in [5, 5.41) is 0. The first-order valence-electron chi connectivity index (χ1n) is 5.68. The predicted octanol–water partition coefficient (Wildman–Crippen LogP) is 1.73. The molecule has 1 aromatic rings. The van der Waals surface area contributed by atoms with Gasteiger partial charge in [-0.1, -0.05) is 19.1 Å². The van der Waals surface area contributed by atoms with Crippen molar-refractivity contribution in [2.24, 2.45) is 5.73 Å². The highest BCUT2D eigenvalue weighted by molar-refractivity contribution is 5.89. The number of methoxy groups -OCH3 is 1. The van der Waals surface area contributed by atoms with E-state index in [1.165, 1.54) is 7.11 Å². The summed E-state index contributed by atoms with van der Waals surface area (Å²) in [5.41, 5.74) is 7.21. The molecular formula is C13H19NO3. The van der Waals surface area contributed by atoms with E-state index in [0.717, 1.165) is 12.0 Å². The Bertz CT molecular complexity index is 365. The molecule has 1 unspecified atom stereocenters. The van der Waals surface area contributed by atoms with Gasteiger partial charge >= 0.3 is 5.97 Å². The monoisotopic (exact) mass is 237 g/mol. The zero-order chi connectivity index (χ0) is 12.7. The van der Waals surface area contributed by atoms with Crippen LogP contribution in [-0.2, 0) is 16.1 Å². The third kappa shape index (κ3) is 4.54. The summed E-state index contributed by atoms with van der Waals surface area (Å²) in [6, 6.07) is 7.27. The molecular weight excluding hydrogens is 218 g/mol. The summed E-state index contributed by atoms with van der Waals surface area (Å²) >= 11 is 0. The molecule has 94 valence electrons. The summed E-state index contributed by atoms with van der Waals surface area (Å²) in [5.74, 6) is -0.336. The van der Waals surface area contributed by atoms with E-state index < -0.39 is 0 Å². The van der Waals surface area contributed by atoms with Crippen LogP contribution < -0.4 is 5.73 Å². The molecule has 0 saturated heterocycles. The Morgan fingerprint density at radius 1 is 1.47 bits per heavy atom. The molecule has 4 nitrogen and oxygen atoms in total. The number of hydrogen-bond donors (Lipinski definition) is 1. The van der Waals surface area contributed by atoms with Crippen molar-refractivity contribution >= 4 is 5.97 Å². The van der Waals surface area contributed by atoms with E-state index in [9.17, 15) is 4.79 Å².